The van der Waals surface area contributed by atoms with Crippen molar-refractivity contribution < 1.29 is 0 Å². The van der Waals surface area contributed by atoms with Crippen molar-refractivity contribution in [3.8, 4) is 0 Å². The SMILES string of the molecule is C=Cn1c2ccccc2c2cc3c(cc21)c1ccccc1n3C(=C)/N=C(\N=C(/N)c1ccccc1)c1ccccc1. The van der Waals surface area contributed by atoms with E-state index in [1.54, 1.807) is 0 Å². The van der Waals surface area contributed by atoms with Crippen LogP contribution in [-0.4, -0.2) is 20.8 Å². The number of para-hydroxylation sites is 2. The van der Waals surface area contributed by atoms with Gasteiger partial charge >= 0.3 is 0 Å². The second-order valence-corrected chi connectivity index (χ2v) is 9.89. The molecule has 0 bridgehead atoms. The molecule has 0 fully saturated rings. The predicted molar refractivity (Wildman–Crippen MR) is 174 cm³/mol. The summed E-state index contributed by atoms with van der Waals surface area (Å²) in [5, 5.41) is 4.54. The molecule has 0 aliphatic rings. The first kappa shape index (κ1) is 24.4. The van der Waals surface area contributed by atoms with E-state index in [1.807, 2.05) is 72.9 Å². The lowest BCUT2D eigenvalue weighted by atomic mass is 10.1. The van der Waals surface area contributed by atoms with E-state index < -0.39 is 0 Å². The standard InChI is InChI=1S/C36H27N5/c1-3-40-31-20-12-10-18-27(31)29-23-34-30(22-33(29)40)28-19-11-13-21-32(28)41(34)24(2)38-36(26-16-8-5-9-17-26)39-35(37)25-14-6-4-7-15-25/h3-23H,1-2H2,(H2,37,38,39). The van der Waals surface area contributed by atoms with E-state index in [9.17, 15) is 0 Å². The summed E-state index contributed by atoms with van der Waals surface area (Å²) >= 11 is 0. The fourth-order valence-corrected chi connectivity index (χ4v) is 5.64. The number of benzene rings is 5. The highest BCUT2D eigenvalue weighted by molar-refractivity contribution is 6.19. The van der Waals surface area contributed by atoms with Crippen molar-refractivity contribution in [3.05, 3.63) is 146 Å². The molecule has 2 aromatic heterocycles. The Labute approximate surface area is 237 Å². The highest BCUT2D eigenvalue weighted by atomic mass is 15.1. The number of aliphatic imine (C=N–C) groups is 2. The van der Waals surface area contributed by atoms with Crippen LogP contribution < -0.4 is 5.73 Å². The summed E-state index contributed by atoms with van der Waals surface area (Å²) in [6, 6.07) is 40.8. The number of hydrogen-bond acceptors (Lipinski definition) is 1. The van der Waals surface area contributed by atoms with E-state index in [1.165, 1.54) is 5.39 Å². The summed E-state index contributed by atoms with van der Waals surface area (Å²) in [6.07, 6.45) is 1.88. The van der Waals surface area contributed by atoms with Gasteiger partial charge in [-0.1, -0.05) is 110 Å². The largest absolute Gasteiger partial charge is 0.383 e. The number of nitrogens with two attached hydrogens (primary N) is 1. The van der Waals surface area contributed by atoms with Crippen molar-refractivity contribution in [2.45, 2.75) is 0 Å². The normalized spacial score (nSPS) is 12.5. The first-order valence-corrected chi connectivity index (χ1v) is 13.5. The minimum Gasteiger partial charge on any atom is -0.383 e. The maximum Gasteiger partial charge on any atom is 0.163 e. The van der Waals surface area contributed by atoms with Gasteiger partial charge in [-0.2, -0.15) is 0 Å². The second kappa shape index (κ2) is 9.81. The summed E-state index contributed by atoms with van der Waals surface area (Å²) < 4.78 is 4.26. The third kappa shape index (κ3) is 4.03. The molecule has 0 aliphatic carbocycles. The van der Waals surface area contributed by atoms with Crippen LogP contribution in [0.15, 0.2) is 144 Å². The molecule has 5 heteroatoms. The van der Waals surface area contributed by atoms with Gasteiger partial charge in [0.1, 0.15) is 11.7 Å². The van der Waals surface area contributed by atoms with Gasteiger partial charge in [0.05, 0.1) is 22.1 Å². The van der Waals surface area contributed by atoms with Gasteiger partial charge in [0, 0.05) is 38.9 Å². The molecule has 196 valence electrons. The monoisotopic (exact) mass is 529 g/mol. The first-order valence-electron chi connectivity index (χ1n) is 13.5. The molecular weight excluding hydrogens is 502 g/mol. The van der Waals surface area contributed by atoms with E-state index in [4.69, 9.17) is 15.7 Å². The summed E-state index contributed by atoms with van der Waals surface area (Å²) in [4.78, 5) is 9.80. The van der Waals surface area contributed by atoms with Crippen molar-refractivity contribution in [3.63, 3.8) is 0 Å². The molecule has 0 saturated heterocycles. The zero-order valence-corrected chi connectivity index (χ0v) is 22.4. The Hall–Kier alpha value is -5.68. The number of hydrogen-bond donors (Lipinski definition) is 1. The van der Waals surface area contributed by atoms with Crippen LogP contribution in [0.4, 0.5) is 0 Å². The summed E-state index contributed by atoms with van der Waals surface area (Å²) in [7, 11) is 0. The molecule has 2 heterocycles. The average Bonchev–Trinajstić information content (AvgIpc) is 3.52. The van der Waals surface area contributed by atoms with Crippen LogP contribution in [0, 0.1) is 0 Å². The van der Waals surface area contributed by atoms with Crippen molar-refractivity contribution >= 4 is 67.3 Å². The average molecular weight is 530 g/mol. The Kier molecular flexibility index (Phi) is 5.83. The van der Waals surface area contributed by atoms with Gasteiger partial charge in [-0.25, -0.2) is 9.98 Å². The van der Waals surface area contributed by atoms with Crippen molar-refractivity contribution in [1.82, 2.24) is 9.13 Å². The molecule has 0 spiro atoms. The van der Waals surface area contributed by atoms with Crippen molar-refractivity contribution in [2.75, 3.05) is 0 Å². The number of fused-ring (bicyclic) bond motifs is 6. The topological polar surface area (TPSA) is 60.6 Å². The highest BCUT2D eigenvalue weighted by Crippen LogP contribution is 2.38. The van der Waals surface area contributed by atoms with E-state index in [-0.39, 0.29) is 0 Å². The lowest BCUT2D eigenvalue weighted by molar-refractivity contribution is 1.18. The lowest BCUT2D eigenvalue weighted by Gasteiger charge is -2.10. The van der Waals surface area contributed by atoms with Crippen molar-refractivity contribution in [2.24, 2.45) is 15.7 Å². The first-order chi connectivity index (χ1) is 20.1. The Balaban J connectivity index is 1.49. The fraction of sp³-hybridized carbons (Fsp3) is 0. The molecule has 0 atom stereocenters. The van der Waals surface area contributed by atoms with E-state index >= 15 is 0 Å². The van der Waals surface area contributed by atoms with Gasteiger partial charge in [0.15, 0.2) is 5.84 Å². The van der Waals surface area contributed by atoms with Crippen LogP contribution in [0.3, 0.4) is 0 Å². The maximum atomic E-state index is 6.46. The van der Waals surface area contributed by atoms with Crippen LogP contribution in [-0.2, 0) is 0 Å². The summed E-state index contributed by atoms with van der Waals surface area (Å²) in [6.45, 7) is 8.54. The van der Waals surface area contributed by atoms with E-state index in [0.29, 0.717) is 17.5 Å². The minimum atomic E-state index is 0.391. The van der Waals surface area contributed by atoms with Gasteiger partial charge in [0.25, 0.3) is 0 Å². The van der Waals surface area contributed by atoms with Crippen LogP contribution in [0.1, 0.15) is 11.1 Å². The third-order valence-electron chi connectivity index (χ3n) is 7.51. The van der Waals surface area contributed by atoms with Gasteiger partial charge in [-0.05, 0) is 24.3 Å². The zero-order chi connectivity index (χ0) is 27.9. The van der Waals surface area contributed by atoms with Gasteiger partial charge in [-0.15, -0.1) is 0 Å². The Morgan fingerprint density at radius 2 is 1.12 bits per heavy atom. The Bertz CT molecular complexity index is 2180. The molecule has 5 nitrogen and oxygen atoms in total. The number of amidine groups is 2. The fourth-order valence-electron chi connectivity index (χ4n) is 5.64. The van der Waals surface area contributed by atoms with Crippen LogP contribution in [0.2, 0.25) is 0 Å². The number of rotatable bonds is 5. The maximum absolute atomic E-state index is 6.46. The Morgan fingerprint density at radius 1 is 0.585 bits per heavy atom. The van der Waals surface area contributed by atoms with E-state index in [0.717, 1.165) is 49.4 Å². The molecule has 5 aromatic carbocycles. The van der Waals surface area contributed by atoms with Crippen LogP contribution >= 0.6 is 0 Å². The quantitative estimate of drug-likeness (QED) is 0.177. The van der Waals surface area contributed by atoms with Gasteiger partial charge in [-0.3, -0.25) is 4.57 Å². The number of nitrogens with zero attached hydrogens (tertiary/aromatic N) is 4. The third-order valence-corrected chi connectivity index (χ3v) is 7.51. The smallest absolute Gasteiger partial charge is 0.163 e. The molecule has 0 radical (unpaired) electrons. The highest BCUT2D eigenvalue weighted by Gasteiger charge is 2.17. The molecule has 2 N–H and O–H groups in total. The molecule has 0 saturated carbocycles. The minimum absolute atomic E-state index is 0.391. The zero-order valence-electron chi connectivity index (χ0n) is 22.4. The molecule has 0 amide bonds. The molecule has 7 aromatic rings. The molecular formula is C36H27N5. The second-order valence-electron chi connectivity index (χ2n) is 9.89. The van der Waals surface area contributed by atoms with Crippen molar-refractivity contribution in [1.29, 1.82) is 0 Å². The van der Waals surface area contributed by atoms with Crippen LogP contribution in [0.25, 0.3) is 55.6 Å². The lowest BCUT2D eigenvalue weighted by Crippen LogP contribution is -2.16. The van der Waals surface area contributed by atoms with Gasteiger partial charge in [0.2, 0.25) is 0 Å². The summed E-state index contributed by atoms with van der Waals surface area (Å²) in [5.41, 5.74) is 12.4. The van der Waals surface area contributed by atoms with Gasteiger partial charge < -0.3 is 10.3 Å². The van der Waals surface area contributed by atoms with E-state index in [2.05, 4.69) is 76.9 Å². The Morgan fingerprint density at radius 3 is 1.80 bits per heavy atom. The molecule has 41 heavy (non-hydrogen) atoms. The molecule has 0 aliphatic heterocycles. The molecule has 0 unspecified atom stereocenters. The van der Waals surface area contributed by atoms with Crippen LogP contribution in [0.5, 0.6) is 0 Å². The predicted octanol–water partition coefficient (Wildman–Crippen LogP) is 8.28. The number of aromatic nitrogens is 2. The summed E-state index contributed by atoms with van der Waals surface area (Å²) in [5.74, 6) is 1.43. The molecule has 7 rings (SSSR count).